The van der Waals surface area contributed by atoms with E-state index in [-0.39, 0.29) is 24.0 Å². The number of alkyl halides is 2. The van der Waals surface area contributed by atoms with Gasteiger partial charge in [0.15, 0.2) is 0 Å². The topological polar surface area (TPSA) is 60.4 Å². The minimum Gasteiger partial charge on any atom is -0.364 e. The van der Waals surface area contributed by atoms with Crippen LogP contribution in [0.25, 0.3) is 5.65 Å². The van der Waals surface area contributed by atoms with E-state index in [1.165, 1.54) is 0 Å². The Morgan fingerprint density at radius 2 is 1.91 bits per heavy atom. The molecule has 1 amide bonds. The van der Waals surface area contributed by atoms with Crippen molar-refractivity contribution in [2.75, 3.05) is 0 Å². The first-order valence-corrected chi connectivity index (χ1v) is 7.40. The maximum absolute atomic E-state index is 13.5. The van der Waals surface area contributed by atoms with E-state index in [4.69, 9.17) is 5.73 Å². The second-order valence-corrected chi connectivity index (χ2v) is 6.43. The molecule has 1 fully saturated rings. The molecule has 1 aliphatic carbocycles. The van der Waals surface area contributed by atoms with Crippen LogP contribution in [0.5, 0.6) is 0 Å². The Hall–Kier alpha value is -1.98. The fourth-order valence-corrected chi connectivity index (χ4v) is 3.37. The smallest absolute Gasteiger partial charge is 0.269 e. The van der Waals surface area contributed by atoms with E-state index < -0.39 is 11.8 Å². The van der Waals surface area contributed by atoms with E-state index in [0.29, 0.717) is 24.2 Å². The number of carbonyl (C=O) groups is 1. The van der Waals surface area contributed by atoms with Crippen molar-refractivity contribution in [3.05, 3.63) is 35.3 Å². The molecule has 0 bridgehead atoms. The van der Waals surface area contributed by atoms with Crippen molar-refractivity contribution in [2.45, 2.75) is 50.9 Å². The molecule has 4 nitrogen and oxygen atoms in total. The minimum atomic E-state index is -2.57. The van der Waals surface area contributed by atoms with E-state index >= 15 is 0 Å². The average molecular weight is 307 g/mol. The summed E-state index contributed by atoms with van der Waals surface area (Å²) in [6.07, 6.45) is 0.581. The van der Waals surface area contributed by atoms with Crippen LogP contribution >= 0.6 is 0 Å². The second-order valence-electron chi connectivity index (χ2n) is 6.43. The van der Waals surface area contributed by atoms with Crippen molar-refractivity contribution in [2.24, 2.45) is 5.73 Å². The fourth-order valence-electron chi connectivity index (χ4n) is 3.37. The van der Waals surface area contributed by atoms with Crippen LogP contribution in [0.2, 0.25) is 0 Å². The molecule has 2 aromatic heterocycles. The zero-order chi connectivity index (χ0) is 16.1. The van der Waals surface area contributed by atoms with Crippen LogP contribution in [0, 0.1) is 6.92 Å². The molecule has 0 saturated heterocycles. The Labute approximate surface area is 127 Å². The standard InChI is InChI=1S/C16H19F2N3O/c1-10-13(14(19)22)20-12-5-3-4-11(21(10)12)15(2)6-8-16(17,18)9-7-15/h3-5H,6-9H2,1-2H3,(H2,19,22). The van der Waals surface area contributed by atoms with Crippen LogP contribution in [0.15, 0.2) is 18.2 Å². The van der Waals surface area contributed by atoms with Crippen molar-refractivity contribution in [1.29, 1.82) is 0 Å². The summed E-state index contributed by atoms with van der Waals surface area (Å²) >= 11 is 0. The SMILES string of the molecule is Cc1c(C(N)=O)nc2cccc(C3(C)CCC(F)(F)CC3)n12. The third kappa shape index (κ3) is 2.26. The van der Waals surface area contributed by atoms with Gasteiger partial charge in [-0.3, -0.25) is 9.20 Å². The molecule has 118 valence electrons. The van der Waals surface area contributed by atoms with E-state index in [9.17, 15) is 13.6 Å². The first-order valence-electron chi connectivity index (χ1n) is 7.40. The molecule has 0 aliphatic heterocycles. The Morgan fingerprint density at radius 3 is 2.50 bits per heavy atom. The van der Waals surface area contributed by atoms with Crippen molar-refractivity contribution < 1.29 is 13.6 Å². The Bertz CT molecular complexity index is 741. The molecule has 2 heterocycles. The second kappa shape index (κ2) is 4.76. The minimum absolute atomic E-state index is 0.115. The zero-order valence-electron chi connectivity index (χ0n) is 12.7. The third-order valence-electron chi connectivity index (χ3n) is 4.81. The lowest BCUT2D eigenvalue weighted by Crippen LogP contribution is -2.35. The van der Waals surface area contributed by atoms with Crippen LogP contribution < -0.4 is 5.73 Å². The molecule has 22 heavy (non-hydrogen) atoms. The van der Waals surface area contributed by atoms with Crippen molar-refractivity contribution in [3.8, 4) is 0 Å². The highest BCUT2D eigenvalue weighted by molar-refractivity contribution is 5.92. The van der Waals surface area contributed by atoms with Gasteiger partial charge in [-0.25, -0.2) is 13.8 Å². The van der Waals surface area contributed by atoms with Crippen molar-refractivity contribution in [3.63, 3.8) is 0 Å². The lowest BCUT2D eigenvalue weighted by atomic mass is 9.72. The number of halogens is 2. The highest BCUT2D eigenvalue weighted by atomic mass is 19.3. The van der Waals surface area contributed by atoms with Gasteiger partial charge in [0.25, 0.3) is 5.91 Å². The maximum atomic E-state index is 13.5. The summed E-state index contributed by atoms with van der Waals surface area (Å²) in [6, 6.07) is 5.57. The fraction of sp³-hybridized carbons (Fsp3) is 0.500. The number of hydrogen-bond donors (Lipinski definition) is 1. The van der Waals surface area contributed by atoms with Gasteiger partial charge in [0.1, 0.15) is 11.3 Å². The molecule has 0 spiro atoms. The molecular weight excluding hydrogens is 288 g/mol. The number of fused-ring (bicyclic) bond motifs is 1. The molecule has 0 atom stereocenters. The molecule has 0 unspecified atom stereocenters. The van der Waals surface area contributed by atoms with Crippen LogP contribution in [0.4, 0.5) is 8.78 Å². The summed E-state index contributed by atoms with van der Waals surface area (Å²) in [5.41, 5.74) is 7.44. The number of nitrogens with zero attached hydrogens (tertiary/aromatic N) is 2. The van der Waals surface area contributed by atoms with Crippen molar-refractivity contribution >= 4 is 11.6 Å². The van der Waals surface area contributed by atoms with E-state index in [0.717, 1.165) is 5.69 Å². The number of amides is 1. The summed E-state index contributed by atoms with van der Waals surface area (Å²) in [6.45, 7) is 3.78. The number of primary amides is 1. The van der Waals surface area contributed by atoms with Gasteiger partial charge in [0.05, 0.1) is 5.69 Å². The first-order chi connectivity index (χ1) is 10.2. The van der Waals surface area contributed by atoms with Gasteiger partial charge in [-0.2, -0.15) is 0 Å². The summed E-state index contributed by atoms with van der Waals surface area (Å²) < 4.78 is 28.9. The van der Waals surface area contributed by atoms with E-state index in [2.05, 4.69) is 4.98 Å². The summed E-state index contributed by atoms with van der Waals surface area (Å²) in [7, 11) is 0. The number of pyridine rings is 1. The van der Waals surface area contributed by atoms with Gasteiger partial charge >= 0.3 is 0 Å². The van der Waals surface area contributed by atoms with Gasteiger partial charge in [0.2, 0.25) is 5.92 Å². The Kier molecular flexibility index (Phi) is 3.23. The molecule has 0 radical (unpaired) electrons. The number of aromatic nitrogens is 2. The van der Waals surface area contributed by atoms with Crippen molar-refractivity contribution in [1.82, 2.24) is 9.38 Å². The quantitative estimate of drug-likeness (QED) is 0.926. The predicted molar refractivity (Wildman–Crippen MR) is 79.2 cm³/mol. The molecule has 2 N–H and O–H groups in total. The predicted octanol–water partition coefficient (Wildman–Crippen LogP) is 3.21. The number of nitrogens with two attached hydrogens (primary N) is 1. The third-order valence-corrected chi connectivity index (χ3v) is 4.81. The molecule has 2 aromatic rings. The highest BCUT2D eigenvalue weighted by Crippen LogP contribution is 2.45. The lowest BCUT2D eigenvalue weighted by molar-refractivity contribution is -0.0503. The van der Waals surface area contributed by atoms with Gasteiger partial charge < -0.3 is 5.73 Å². The van der Waals surface area contributed by atoms with Crippen LogP contribution in [-0.4, -0.2) is 21.2 Å². The van der Waals surface area contributed by atoms with Crippen LogP contribution in [-0.2, 0) is 5.41 Å². The largest absolute Gasteiger partial charge is 0.364 e. The number of carbonyl (C=O) groups excluding carboxylic acids is 1. The normalized spacial score (nSPS) is 20.2. The van der Waals surface area contributed by atoms with Crippen LogP contribution in [0.3, 0.4) is 0 Å². The Morgan fingerprint density at radius 1 is 1.27 bits per heavy atom. The molecular formula is C16H19F2N3O. The molecule has 0 aromatic carbocycles. The highest BCUT2D eigenvalue weighted by Gasteiger charge is 2.42. The number of aryl methyl sites for hydroxylation is 1. The maximum Gasteiger partial charge on any atom is 0.269 e. The summed E-state index contributed by atoms with van der Waals surface area (Å²) in [5, 5.41) is 0. The van der Waals surface area contributed by atoms with Gasteiger partial charge in [0, 0.05) is 24.0 Å². The molecule has 3 rings (SSSR count). The zero-order valence-corrected chi connectivity index (χ0v) is 12.7. The van der Waals surface area contributed by atoms with Crippen LogP contribution in [0.1, 0.15) is 54.5 Å². The average Bonchev–Trinajstić information content (AvgIpc) is 2.80. The van der Waals surface area contributed by atoms with E-state index in [1.807, 2.05) is 23.5 Å². The lowest BCUT2D eigenvalue weighted by Gasteiger charge is -2.38. The van der Waals surface area contributed by atoms with Gasteiger partial charge in [-0.15, -0.1) is 0 Å². The monoisotopic (exact) mass is 307 g/mol. The Balaban J connectivity index is 2.13. The summed E-state index contributed by atoms with van der Waals surface area (Å²) in [4.78, 5) is 15.8. The van der Waals surface area contributed by atoms with Gasteiger partial charge in [-0.05, 0) is 31.9 Å². The molecule has 1 saturated carbocycles. The number of rotatable bonds is 2. The molecule has 6 heteroatoms. The number of imidazole rings is 1. The molecule has 1 aliphatic rings. The number of hydrogen-bond acceptors (Lipinski definition) is 2. The summed E-state index contributed by atoms with van der Waals surface area (Å²) in [5.74, 6) is -3.15. The van der Waals surface area contributed by atoms with Gasteiger partial charge in [-0.1, -0.05) is 13.0 Å². The first kappa shape index (κ1) is 14.9. The van der Waals surface area contributed by atoms with E-state index in [1.54, 1.807) is 13.0 Å².